The largest absolute Gasteiger partial charge is 0.380 e. The SMILES string of the molecule is CCOCCn1cnc(-c2cccc(Cc3nn(-c4cnn(C)c4)ccc3=O)c2)n1. The van der Waals surface area contributed by atoms with Crippen molar-refractivity contribution in [3.63, 3.8) is 0 Å². The van der Waals surface area contributed by atoms with Gasteiger partial charge in [-0.25, -0.2) is 9.67 Å². The summed E-state index contributed by atoms with van der Waals surface area (Å²) in [6, 6.07) is 9.38. The molecule has 1 aromatic carbocycles. The second-order valence-electron chi connectivity index (χ2n) is 6.85. The summed E-state index contributed by atoms with van der Waals surface area (Å²) in [4.78, 5) is 16.8. The lowest BCUT2D eigenvalue weighted by atomic mass is 10.1. The van der Waals surface area contributed by atoms with Crippen LogP contribution in [0.25, 0.3) is 17.1 Å². The summed E-state index contributed by atoms with van der Waals surface area (Å²) in [5.74, 6) is 0.641. The Morgan fingerprint density at radius 1 is 1.17 bits per heavy atom. The van der Waals surface area contributed by atoms with Crippen molar-refractivity contribution in [2.24, 2.45) is 7.05 Å². The van der Waals surface area contributed by atoms with Crippen molar-refractivity contribution in [1.29, 1.82) is 0 Å². The van der Waals surface area contributed by atoms with Gasteiger partial charge in [-0.3, -0.25) is 14.2 Å². The fraction of sp³-hybridized carbons (Fsp3) is 0.286. The van der Waals surface area contributed by atoms with Gasteiger partial charge in [-0.1, -0.05) is 18.2 Å². The fourth-order valence-corrected chi connectivity index (χ4v) is 3.09. The Bertz CT molecular complexity index is 1190. The highest BCUT2D eigenvalue weighted by Crippen LogP contribution is 2.17. The lowest BCUT2D eigenvalue weighted by Crippen LogP contribution is -2.16. The molecule has 30 heavy (non-hydrogen) atoms. The van der Waals surface area contributed by atoms with Gasteiger partial charge in [-0.05, 0) is 18.6 Å². The zero-order chi connectivity index (χ0) is 20.9. The molecule has 9 heteroatoms. The van der Waals surface area contributed by atoms with Gasteiger partial charge >= 0.3 is 0 Å². The van der Waals surface area contributed by atoms with E-state index in [0.29, 0.717) is 37.7 Å². The monoisotopic (exact) mass is 405 g/mol. The molecule has 0 atom stereocenters. The van der Waals surface area contributed by atoms with Crippen LogP contribution in [0.15, 0.2) is 60.0 Å². The quantitative estimate of drug-likeness (QED) is 0.416. The Kier molecular flexibility index (Phi) is 5.80. The minimum Gasteiger partial charge on any atom is -0.380 e. The van der Waals surface area contributed by atoms with Crippen molar-refractivity contribution in [1.82, 2.24) is 34.3 Å². The Morgan fingerprint density at radius 3 is 2.87 bits per heavy atom. The molecule has 0 radical (unpaired) electrons. The first kappa shape index (κ1) is 19.7. The highest BCUT2D eigenvalue weighted by Gasteiger charge is 2.09. The maximum absolute atomic E-state index is 12.4. The highest BCUT2D eigenvalue weighted by molar-refractivity contribution is 5.55. The number of aryl methyl sites for hydroxylation is 1. The Morgan fingerprint density at radius 2 is 2.07 bits per heavy atom. The molecule has 0 fully saturated rings. The molecule has 0 spiro atoms. The third-order valence-corrected chi connectivity index (χ3v) is 4.60. The summed E-state index contributed by atoms with van der Waals surface area (Å²) in [7, 11) is 1.84. The van der Waals surface area contributed by atoms with Crippen LogP contribution < -0.4 is 5.43 Å². The van der Waals surface area contributed by atoms with E-state index < -0.39 is 0 Å². The molecule has 0 saturated heterocycles. The van der Waals surface area contributed by atoms with E-state index in [1.807, 2.05) is 44.4 Å². The zero-order valence-electron chi connectivity index (χ0n) is 17.0. The molecule has 0 unspecified atom stereocenters. The van der Waals surface area contributed by atoms with Crippen LogP contribution in [-0.4, -0.2) is 47.5 Å². The van der Waals surface area contributed by atoms with Gasteiger partial charge in [0.15, 0.2) is 5.82 Å². The lowest BCUT2D eigenvalue weighted by Gasteiger charge is -2.06. The summed E-state index contributed by atoms with van der Waals surface area (Å²) in [6.45, 7) is 3.90. The molecular weight excluding hydrogens is 382 g/mol. The Balaban J connectivity index is 1.54. The van der Waals surface area contributed by atoms with E-state index in [-0.39, 0.29) is 5.43 Å². The molecule has 3 aromatic heterocycles. The van der Waals surface area contributed by atoms with Gasteiger partial charge in [0.25, 0.3) is 0 Å². The first-order valence-electron chi connectivity index (χ1n) is 9.77. The van der Waals surface area contributed by atoms with Crippen LogP contribution >= 0.6 is 0 Å². The van der Waals surface area contributed by atoms with E-state index in [2.05, 4.69) is 20.3 Å². The second-order valence-corrected chi connectivity index (χ2v) is 6.85. The van der Waals surface area contributed by atoms with Crippen LogP contribution in [0, 0.1) is 0 Å². The van der Waals surface area contributed by atoms with E-state index in [4.69, 9.17) is 4.74 Å². The van der Waals surface area contributed by atoms with Crippen LogP contribution in [0.1, 0.15) is 18.2 Å². The number of benzene rings is 1. The predicted octanol–water partition coefficient (Wildman–Crippen LogP) is 1.85. The molecule has 4 rings (SSSR count). The smallest absolute Gasteiger partial charge is 0.203 e. The van der Waals surface area contributed by atoms with Crippen LogP contribution in [-0.2, 0) is 24.8 Å². The van der Waals surface area contributed by atoms with Gasteiger partial charge < -0.3 is 4.74 Å². The van der Waals surface area contributed by atoms with Gasteiger partial charge in [-0.15, -0.1) is 0 Å². The van der Waals surface area contributed by atoms with E-state index in [1.165, 1.54) is 6.07 Å². The predicted molar refractivity (Wildman–Crippen MR) is 111 cm³/mol. The first-order valence-corrected chi connectivity index (χ1v) is 9.77. The van der Waals surface area contributed by atoms with E-state index in [1.54, 1.807) is 32.8 Å². The van der Waals surface area contributed by atoms with Crippen molar-refractivity contribution in [3.8, 4) is 17.1 Å². The molecular formula is C21H23N7O2. The molecule has 0 saturated carbocycles. The number of hydrogen-bond donors (Lipinski definition) is 0. The van der Waals surface area contributed by atoms with Gasteiger partial charge in [0.1, 0.15) is 17.7 Å². The van der Waals surface area contributed by atoms with E-state index in [0.717, 1.165) is 16.8 Å². The Hall–Kier alpha value is -3.59. The van der Waals surface area contributed by atoms with Crippen LogP contribution in [0.4, 0.5) is 0 Å². The first-order chi connectivity index (χ1) is 14.6. The molecule has 154 valence electrons. The molecule has 0 aliphatic heterocycles. The van der Waals surface area contributed by atoms with Gasteiger partial charge in [0.05, 0.1) is 25.5 Å². The highest BCUT2D eigenvalue weighted by atomic mass is 16.5. The average Bonchev–Trinajstić information content (AvgIpc) is 3.39. The normalized spacial score (nSPS) is 11.1. The third-order valence-electron chi connectivity index (χ3n) is 4.60. The summed E-state index contributed by atoms with van der Waals surface area (Å²) in [5.41, 5.74) is 3.03. The average molecular weight is 405 g/mol. The van der Waals surface area contributed by atoms with Gasteiger partial charge in [0, 0.05) is 37.9 Å². The number of rotatable bonds is 8. The summed E-state index contributed by atoms with van der Waals surface area (Å²) in [6.07, 6.45) is 7.31. The minimum absolute atomic E-state index is 0.0983. The summed E-state index contributed by atoms with van der Waals surface area (Å²) < 4.78 is 10.5. The van der Waals surface area contributed by atoms with Crippen molar-refractivity contribution in [2.75, 3.05) is 13.2 Å². The summed E-state index contributed by atoms with van der Waals surface area (Å²) in [5, 5.41) is 13.2. The molecule has 9 nitrogen and oxygen atoms in total. The zero-order valence-corrected chi connectivity index (χ0v) is 17.0. The van der Waals surface area contributed by atoms with Crippen LogP contribution in [0.5, 0.6) is 0 Å². The number of nitrogens with zero attached hydrogens (tertiary/aromatic N) is 7. The standard InChI is InChI=1S/C21H23N7O2/c1-3-30-10-9-27-15-22-21(25-27)17-6-4-5-16(11-17)12-19-20(29)7-8-28(24-19)18-13-23-26(2)14-18/h4-8,11,13-15H,3,9-10,12H2,1-2H3. The van der Waals surface area contributed by atoms with E-state index in [9.17, 15) is 4.79 Å². The maximum atomic E-state index is 12.4. The lowest BCUT2D eigenvalue weighted by molar-refractivity contribution is 0.136. The third kappa shape index (κ3) is 4.52. The molecule has 0 aliphatic carbocycles. The number of aromatic nitrogens is 7. The number of ether oxygens (including phenoxy) is 1. The topological polar surface area (TPSA) is 92.6 Å². The van der Waals surface area contributed by atoms with Crippen molar-refractivity contribution in [3.05, 3.63) is 76.7 Å². The molecule has 0 aliphatic rings. The van der Waals surface area contributed by atoms with Crippen molar-refractivity contribution >= 4 is 0 Å². The Labute approximate surface area is 173 Å². The van der Waals surface area contributed by atoms with Crippen molar-refractivity contribution in [2.45, 2.75) is 19.9 Å². The molecule has 0 amide bonds. The second kappa shape index (κ2) is 8.83. The molecule has 3 heterocycles. The van der Waals surface area contributed by atoms with Crippen molar-refractivity contribution < 1.29 is 4.74 Å². The van der Waals surface area contributed by atoms with Crippen LogP contribution in [0.2, 0.25) is 0 Å². The molecule has 4 aromatic rings. The molecule has 0 N–H and O–H groups in total. The van der Waals surface area contributed by atoms with E-state index >= 15 is 0 Å². The minimum atomic E-state index is -0.0983. The molecule has 0 bridgehead atoms. The number of hydrogen-bond acceptors (Lipinski definition) is 6. The maximum Gasteiger partial charge on any atom is 0.203 e. The van der Waals surface area contributed by atoms with Gasteiger partial charge in [0.2, 0.25) is 5.43 Å². The van der Waals surface area contributed by atoms with Crippen LogP contribution in [0.3, 0.4) is 0 Å². The van der Waals surface area contributed by atoms with Gasteiger partial charge in [-0.2, -0.15) is 15.3 Å². The summed E-state index contributed by atoms with van der Waals surface area (Å²) >= 11 is 0. The fourth-order valence-electron chi connectivity index (χ4n) is 3.09.